The molecule has 0 atom stereocenters. The zero-order valence-electron chi connectivity index (χ0n) is 8.51. The minimum absolute atomic E-state index is 0.202. The number of nitrogens with one attached hydrogen (secondary N) is 1. The lowest BCUT2D eigenvalue weighted by Gasteiger charge is -2.13. The van der Waals surface area contributed by atoms with E-state index in [0.29, 0.717) is 5.69 Å². The average Bonchev–Trinajstić information content (AvgIpc) is 2.74. The Kier molecular flexibility index (Phi) is 2.58. The van der Waals surface area contributed by atoms with Crippen LogP contribution in [-0.4, -0.2) is 22.5 Å². The highest BCUT2D eigenvalue weighted by Crippen LogP contribution is 2.25. The molecular formula is C11H13N3O. The molecule has 0 unspecified atom stereocenters. The minimum Gasteiger partial charge on any atom is -0.506 e. The lowest BCUT2D eigenvalue weighted by molar-refractivity contribution is 0.476. The molecule has 78 valence electrons. The largest absolute Gasteiger partial charge is 0.506 e. The van der Waals surface area contributed by atoms with Gasteiger partial charge in [-0.05, 0) is 19.1 Å². The van der Waals surface area contributed by atoms with Crippen molar-refractivity contribution < 1.29 is 5.11 Å². The number of rotatable bonds is 1. The summed E-state index contributed by atoms with van der Waals surface area (Å²) in [5, 5.41) is 12.6. The van der Waals surface area contributed by atoms with E-state index in [1.54, 1.807) is 18.2 Å². The van der Waals surface area contributed by atoms with Gasteiger partial charge in [-0.15, -0.1) is 0 Å². The Labute approximate surface area is 88.6 Å². The van der Waals surface area contributed by atoms with Gasteiger partial charge in [0.05, 0.1) is 6.67 Å². The second-order valence-electron chi connectivity index (χ2n) is 3.30. The Morgan fingerprint density at radius 3 is 2.93 bits per heavy atom. The topological polar surface area (TPSA) is 47.9 Å². The first-order valence-electron chi connectivity index (χ1n) is 4.77. The maximum atomic E-state index is 9.54. The van der Waals surface area contributed by atoms with E-state index in [-0.39, 0.29) is 5.75 Å². The van der Waals surface area contributed by atoms with Crippen molar-refractivity contribution in [2.24, 2.45) is 4.99 Å². The smallest absolute Gasteiger partial charge is 0.141 e. The van der Waals surface area contributed by atoms with Crippen molar-refractivity contribution in [3.8, 4) is 5.75 Å². The van der Waals surface area contributed by atoms with Gasteiger partial charge in [0.1, 0.15) is 17.3 Å². The van der Waals surface area contributed by atoms with E-state index in [1.165, 1.54) is 0 Å². The summed E-state index contributed by atoms with van der Waals surface area (Å²) in [5.74, 6) is 1.05. The number of hydrogen-bond donors (Lipinski definition) is 2. The number of para-hydroxylation sites is 2. The lowest BCUT2D eigenvalue weighted by atomic mass is 10.3. The number of hydrogen-bond acceptors (Lipinski definition) is 3. The molecule has 0 fully saturated rings. The second kappa shape index (κ2) is 4.04. The van der Waals surface area contributed by atoms with Gasteiger partial charge in [-0.1, -0.05) is 12.1 Å². The number of amidine groups is 1. The van der Waals surface area contributed by atoms with Crippen molar-refractivity contribution in [2.45, 2.75) is 6.92 Å². The molecule has 1 aliphatic heterocycles. The van der Waals surface area contributed by atoms with E-state index in [2.05, 4.69) is 10.3 Å². The van der Waals surface area contributed by atoms with Gasteiger partial charge in [-0.25, -0.2) is 4.99 Å². The monoisotopic (exact) mass is 203 g/mol. The molecule has 4 heteroatoms. The third-order valence-corrected chi connectivity index (χ3v) is 2.21. The van der Waals surface area contributed by atoms with Crippen LogP contribution in [-0.2, 0) is 0 Å². The molecular weight excluding hydrogens is 190 g/mol. The van der Waals surface area contributed by atoms with Crippen LogP contribution in [0, 0.1) is 0 Å². The molecule has 0 aromatic heterocycles. The summed E-state index contributed by atoms with van der Waals surface area (Å²) >= 11 is 0. The number of nitrogens with zero attached hydrogens (tertiary/aromatic N) is 2. The van der Waals surface area contributed by atoms with Gasteiger partial charge in [-0.3, -0.25) is 0 Å². The van der Waals surface area contributed by atoms with Crippen LogP contribution in [0.25, 0.3) is 0 Å². The summed E-state index contributed by atoms with van der Waals surface area (Å²) in [6.07, 6.45) is 3.78. The van der Waals surface area contributed by atoms with Crippen LogP contribution in [0.3, 0.4) is 0 Å². The molecule has 0 saturated heterocycles. The fourth-order valence-corrected chi connectivity index (χ4v) is 1.37. The maximum absolute atomic E-state index is 9.54. The highest BCUT2D eigenvalue weighted by molar-refractivity contribution is 5.84. The molecule has 0 aliphatic carbocycles. The molecule has 4 nitrogen and oxygen atoms in total. The lowest BCUT2D eigenvalue weighted by Crippen LogP contribution is -2.25. The standard InChI is InChI=1S/C11H13N3O/c1-9(14-7-6-12-8-14)13-10-4-2-3-5-11(10)15/h2-7,12,15H,8H2,1H3. The normalized spacial score (nSPS) is 15.5. The Morgan fingerprint density at radius 1 is 1.47 bits per heavy atom. The number of phenolic OH excluding ortho intramolecular Hbond substituents is 1. The van der Waals surface area contributed by atoms with Crippen molar-refractivity contribution >= 4 is 11.5 Å². The SMILES string of the molecule is CC(=Nc1ccccc1O)N1C=CNC1. The summed E-state index contributed by atoms with van der Waals surface area (Å²) in [6.45, 7) is 2.63. The van der Waals surface area contributed by atoms with Gasteiger partial charge in [0.25, 0.3) is 0 Å². The van der Waals surface area contributed by atoms with Crippen molar-refractivity contribution in [2.75, 3.05) is 6.67 Å². The van der Waals surface area contributed by atoms with Crippen LogP contribution in [0.4, 0.5) is 5.69 Å². The molecule has 0 saturated carbocycles. The molecule has 1 aliphatic rings. The minimum atomic E-state index is 0.202. The third kappa shape index (κ3) is 2.10. The summed E-state index contributed by atoms with van der Waals surface area (Å²) in [6, 6.07) is 7.04. The van der Waals surface area contributed by atoms with E-state index in [1.807, 2.05) is 30.3 Å². The van der Waals surface area contributed by atoms with Gasteiger partial charge in [-0.2, -0.15) is 0 Å². The first kappa shape index (κ1) is 9.58. The summed E-state index contributed by atoms with van der Waals surface area (Å²) < 4.78 is 0. The molecule has 1 heterocycles. The number of phenols is 1. The molecule has 15 heavy (non-hydrogen) atoms. The Bertz CT molecular complexity index is 412. The highest BCUT2D eigenvalue weighted by atomic mass is 16.3. The van der Waals surface area contributed by atoms with Gasteiger partial charge in [0.15, 0.2) is 0 Å². The summed E-state index contributed by atoms with van der Waals surface area (Å²) in [4.78, 5) is 6.31. The summed E-state index contributed by atoms with van der Waals surface area (Å²) in [5.41, 5.74) is 0.593. The Balaban J connectivity index is 2.22. The van der Waals surface area contributed by atoms with Crippen LogP contribution < -0.4 is 5.32 Å². The zero-order valence-corrected chi connectivity index (χ0v) is 8.51. The zero-order chi connectivity index (χ0) is 10.7. The van der Waals surface area contributed by atoms with E-state index >= 15 is 0 Å². The molecule has 0 bridgehead atoms. The predicted octanol–water partition coefficient (Wildman–Crippen LogP) is 1.78. The molecule has 2 rings (SSSR count). The van der Waals surface area contributed by atoms with Crippen LogP contribution in [0.15, 0.2) is 41.7 Å². The van der Waals surface area contributed by atoms with Crippen LogP contribution in [0.1, 0.15) is 6.92 Å². The van der Waals surface area contributed by atoms with E-state index < -0.39 is 0 Å². The van der Waals surface area contributed by atoms with Gasteiger partial charge in [0, 0.05) is 12.4 Å². The van der Waals surface area contributed by atoms with Gasteiger partial charge in [0.2, 0.25) is 0 Å². The molecule has 0 amide bonds. The van der Waals surface area contributed by atoms with Crippen LogP contribution in [0.2, 0.25) is 0 Å². The first-order valence-corrected chi connectivity index (χ1v) is 4.77. The van der Waals surface area contributed by atoms with Crippen LogP contribution >= 0.6 is 0 Å². The fraction of sp³-hybridized carbons (Fsp3) is 0.182. The fourth-order valence-electron chi connectivity index (χ4n) is 1.37. The number of aliphatic imine (C=N–C) groups is 1. The molecule has 1 aromatic rings. The van der Waals surface area contributed by atoms with Crippen molar-refractivity contribution in [3.63, 3.8) is 0 Å². The van der Waals surface area contributed by atoms with Crippen molar-refractivity contribution in [1.82, 2.24) is 10.2 Å². The molecule has 2 N–H and O–H groups in total. The van der Waals surface area contributed by atoms with Gasteiger partial charge >= 0.3 is 0 Å². The van der Waals surface area contributed by atoms with E-state index in [4.69, 9.17) is 0 Å². The van der Waals surface area contributed by atoms with Gasteiger partial charge < -0.3 is 15.3 Å². The van der Waals surface area contributed by atoms with Crippen molar-refractivity contribution in [3.05, 3.63) is 36.7 Å². The summed E-state index contributed by atoms with van der Waals surface area (Å²) in [7, 11) is 0. The maximum Gasteiger partial charge on any atom is 0.141 e. The third-order valence-electron chi connectivity index (χ3n) is 2.21. The van der Waals surface area contributed by atoms with E-state index in [0.717, 1.165) is 12.5 Å². The molecule has 0 radical (unpaired) electrons. The number of aromatic hydroxyl groups is 1. The first-order chi connectivity index (χ1) is 7.27. The average molecular weight is 203 g/mol. The quantitative estimate of drug-likeness (QED) is 0.540. The Hall–Kier alpha value is -1.97. The van der Waals surface area contributed by atoms with E-state index in [9.17, 15) is 5.11 Å². The van der Waals surface area contributed by atoms with Crippen molar-refractivity contribution in [1.29, 1.82) is 0 Å². The molecule has 1 aromatic carbocycles. The number of benzene rings is 1. The molecule has 0 spiro atoms. The van der Waals surface area contributed by atoms with Crippen LogP contribution in [0.5, 0.6) is 5.75 Å². The highest BCUT2D eigenvalue weighted by Gasteiger charge is 2.07. The second-order valence-corrected chi connectivity index (χ2v) is 3.30. The Morgan fingerprint density at radius 2 is 2.27 bits per heavy atom. The predicted molar refractivity (Wildman–Crippen MR) is 59.9 cm³/mol.